The third-order valence-corrected chi connectivity index (χ3v) is 7.01. The van der Waals surface area contributed by atoms with Gasteiger partial charge in [-0.3, -0.25) is 0 Å². The third-order valence-electron chi connectivity index (χ3n) is 4.37. The highest BCUT2D eigenvalue weighted by atomic mass is 32.9. The van der Waals surface area contributed by atoms with Gasteiger partial charge in [-0.2, -0.15) is 0 Å². The summed E-state index contributed by atoms with van der Waals surface area (Å²) in [6, 6.07) is 15.0. The average molecular weight is 353 g/mol. The van der Waals surface area contributed by atoms with Crippen LogP contribution >= 0.6 is 20.7 Å². The van der Waals surface area contributed by atoms with Gasteiger partial charge in [-0.15, -0.1) is 0 Å². The summed E-state index contributed by atoms with van der Waals surface area (Å²) in [6.07, 6.45) is 0. The minimum absolute atomic E-state index is 0.0696. The van der Waals surface area contributed by atoms with Gasteiger partial charge in [0.1, 0.15) is 4.67 Å². The van der Waals surface area contributed by atoms with E-state index in [1.807, 2.05) is 10.3 Å². The molecule has 0 saturated carbocycles. The molecule has 1 aliphatic rings. The Hall–Kier alpha value is -1.91. The molecule has 2 nitrogen and oxygen atoms in total. The molecule has 2 aromatic carbocycles. The van der Waals surface area contributed by atoms with E-state index in [0.29, 0.717) is 0 Å². The molecule has 1 aliphatic heterocycles. The molecule has 4 rings (SSSR count). The second kappa shape index (κ2) is 5.57. The summed E-state index contributed by atoms with van der Waals surface area (Å²) < 4.78 is 1.11. The van der Waals surface area contributed by atoms with Crippen LogP contribution in [-0.4, -0.2) is 0 Å². The van der Waals surface area contributed by atoms with E-state index >= 15 is 0 Å². The fourth-order valence-electron chi connectivity index (χ4n) is 3.09. The maximum absolute atomic E-state index is 4.95. The zero-order valence-corrected chi connectivity index (χ0v) is 15.9. The van der Waals surface area contributed by atoms with Crippen molar-refractivity contribution in [1.29, 1.82) is 0 Å². The molecule has 0 amide bonds. The van der Waals surface area contributed by atoms with Gasteiger partial charge in [0.25, 0.3) is 0 Å². The molecule has 1 aromatic heterocycles. The molecule has 4 heteroatoms. The molecule has 122 valence electrons. The number of rotatable bonds is 1. The van der Waals surface area contributed by atoms with Gasteiger partial charge in [-0.25, -0.2) is 4.99 Å². The van der Waals surface area contributed by atoms with Crippen molar-refractivity contribution in [3.05, 3.63) is 63.1 Å². The maximum Gasteiger partial charge on any atom is 0.135 e. The second-order valence-corrected chi connectivity index (χ2v) is 9.05. The molecule has 0 saturated heterocycles. The number of hydrogen-bond donors (Lipinski definition) is 1. The Kier molecular flexibility index (Phi) is 3.62. The van der Waals surface area contributed by atoms with Crippen LogP contribution < -0.4 is 9.99 Å². The minimum Gasteiger partial charge on any atom is -0.375 e. The summed E-state index contributed by atoms with van der Waals surface area (Å²) >= 11 is 0. The number of hydrogen-bond acceptors (Lipinski definition) is 4. The molecular formula is C20H20N2S2. The quantitative estimate of drug-likeness (QED) is 0.535. The van der Waals surface area contributed by atoms with E-state index in [9.17, 15) is 0 Å². The Morgan fingerprint density at radius 3 is 2.38 bits per heavy atom. The Bertz CT molecular complexity index is 976. The lowest BCUT2D eigenvalue weighted by molar-refractivity contribution is 0.619. The van der Waals surface area contributed by atoms with Gasteiger partial charge in [0.05, 0.1) is 16.1 Å². The second-order valence-electron chi connectivity index (χ2n) is 6.92. The van der Waals surface area contributed by atoms with Crippen LogP contribution in [0.3, 0.4) is 0 Å². The Labute approximate surface area is 149 Å². The van der Waals surface area contributed by atoms with Gasteiger partial charge in [-0.1, -0.05) is 50.0 Å². The lowest BCUT2D eigenvalue weighted by Crippen LogP contribution is -2.31. The van der Waals surface area contributed by atoms with Gasteiger partial charge in [-0.05, 0) is 52.0 Å². The molecule has 3 aromatic rings. The van der Waals surface area contributed by atoms with E-state index in [4.69, 9.17) is 4.99 Å². The Morgan fingerprint density at radius 2 is 1.62 bits per heavy atom. The molecule has 0 bridgehead atoms. The molecule has 24 heavy (non-hydrogen) atoms. The number of benzene rings is 2. The monoisotopic (exact) mass is 352 g/mol. The smallest absolute Gasteiger partial charge is 0.135 e. The molecule has 0 atom stereocenters. The van der Waals surface area contributed by atoms with Crippen molar-refractivity contribution >= 4 is 32.1 Å². The summed E-state index contributed by atoms with van der Waals surface area (Å²) in [5.41, 5.74) is 7.25. The minimum atomic E-state index is -0.0696. The van der Waals surface area contributed by atoms with Crippen LogP contribution in [0.15, 0.2) is 47.5 Å². The van der Waals surface area contributed by atoms with Gasteiger partial charge >= 0.3 is 0 Å². The van der Waals surface area contributed by atoms with E-state index in [0.717, 1.165) is 10.4 Å². The first kappa shape index (κ1) is 15.6. The molecule has 0 fully saturated rings. The first-order valence-corrected chi connectivity index (χ1v) is 10.2. The van der Waals surface area contributed by atoms with Crippen LogP contribution in [0.2, 0.25) is 0 Å². The highest BCUT2D eigenvalue weighted by Gasteiger charge is 2.33. The largest absolute Gasteiger partial charge is 0.375 e. The lowest BCUT2D eigenvalue weighted by Gasteiger charge is -2.33. The molecule has 2 heterocycles. The van der Waals surface area contributed by atoms with E-state index in [1.165, 1.54) is 32.8 Å². The summed E-state index contributed by atoms with van der Waals surface area (Å²) in [7, 11) is 3.61. The molecule has 0 aliphatic carbocycles. The van der Waals surface area contributed by atoms with Crippen molar-refractivity contribution in [2.24, 2.45) is 4.99 Å². The number of nitrogens with one attached hydrogen (secondary N) is 1. The van der Waals surface area contributed by atoms with Crippen molar-refractivity contribution in [1.82, 2.24) is 0 Å². The fraction of sp³-hybridized carbons (Fsp3) is 0.250. The zero-order chi connectivity index (χ0) is 16.9. The lowest BCUT2D eigenvalue weighted by atomic mass is 9.89. The molecule has 0 radical (unpaired) electrons. The van der Waals surface area contributed by atoms with Crippen LogP contribution in [0.25, 0.3) is 11.1 Å². The highest BCUT2D eigenvalue weighted by Crippen LogP contribution is 2.45. The first-order valence-electron chi connectivity index (χ1n) is 8.08. The summed E-state index contributed by atoms with van der Waals surface area (Å²) in [6.45, 7) is 8.74. The van der Waals surface area contributed by atoms with Gasteiger partial charge in [0, 0.05) is 16.8 Å². The Balaban J connectivity index is 1.98. The fourth-order valence-corrected chi connectivity index (χ4v) is 6.03. The van der Waals surface area contributed by atoms with Crippen LogP contribution in [-0.2, 0) is 5.54 Å². The van der Waals surface area contributed by atoms with Gasteiger partial charge in [0.2, 0.25) is 0 Å². The van der Waals surface area contributed by atoms with Crippen molar-refractivity contribution in [2.45, 2.75) is 33.2 Å². The number of anilines is 1. The van der Waals surface area contributed by atoms with Crippen molar-refractivity contribution < 1.29 is 0 Å². The normalized spacial score (nSPS) is 15.6. The predicted octanol–water partition coefficient (Wildman–Crippen LogP) is 5.99. The molecule has 0 spiro atoms. The van der Waals surface area contributed by atoms with E-state index in [1.54, 1.807) is 10.3 Å². The molecule has 1 N–H and O–H groups in total. The van der Waals surface area contributed by atoms with Crippen molar-refractivity contribution in [2.75, 3.05) is 5.32 Å². The van der Waals surface area contributed by atoms with Crippen molar-refractivity contribution in [3.8, 4) is 11.1 Å². The van der Waals surface area contributed by atoms with E-state index in [-0.39, 0.29) is 5.54 Å². The maximum atomic E-state index is 4.95. The average Bonchev–Trinajstić information content (AvgIpc) is 2.95. The van der Waals surface area contributed by atoms with Gasteiger partial charge in [0.15, 0.2) is 0 Å². The molecule has 0 unspecified atom stereocenters. The van der Waals surface area contributed by atoms with Gasteiger partial charge < -0.3 is 5.32 Å². The first-order chi connectivity index (χ1) is 11.4. The van der Waals surface area contributed by atoms with Crippen LogP contribution in [0.5, 0.6) is 0 Å². The summed E-state index contributed by atoms with van der Waals surface area (Å²) in [4.78, 5) is 6.32. The van der Waals surface area contributed by atoms with Crippen LogP contribution in [0.1, 0.15) is 29.9 Å². The topological polar surface area (TPSA) is 24.4 Å². The zero-order valence-electron chi connectivity index (χ0n) is 14.3. The van der Waals surface area contributed by atoms with Crippen LogP contribution in [0, 0.1) is 13.8 Å². The molecular weight excluding hydrogens is 332 g/mol. The summed E-state index contributed by atoms with van der Waals surface area (Å²) in [5.74, 6) is 0. The van der Waals surface area contributed by atoms with E-state index < -0.39 is 0 Å². The Morgan fingerprint density at radius 1 is 0.917 bits per heavy atom. The summed E-state index contributed by atoms with van der Waals surface area (Å²) in [5, 5.41) is 3.68. The predicted molar refractivity (Wildman–Crippen MR) is 105 cm³/mol. The standard InChI is InChI=1S/C20H20N2S2/c1-12-5-8-14(9-6-12)21-19-17-15-11-13(2)7-10-16(15)22-20(3,4)18(17)23-24-19/h5-11,22H,1-4H3. The number of fused-ring (bicyclic) bond motifs is 3. The number of aryl methyl sites for hydroxylation is 2. The van der Waals surface area contributed by atoms with E-state index in [2.05, 4.69) is 75.5 Å². The number of nitrogens with zero attached hydrogens (tertiary/aromatic N) is 1. The third kappa shape index (κ3) is 2.60. The SMILES string of the molecule is Cc1ccc(N=c2ssc3c2-c2cc(C)ccc2NC3(C)C)cc1. The van der Waals surface area contributed by atoms with Crippen LogP contribution in [0.4, 0.5) is 11.4 Å². The highest BCUT2D eigenvalue weighted by molar-refractivity contribution is 7.68. The van der Waals surface area contributed by atoms with Crippen molar-refractivity contribution in [3.63, 3.8) is 0 Å².